The number of benzene rings is 2. The quantitative estimate of drug-likeness (QED) is 0.333. The van der Waals surface area contributed by atoms with Gasteiger partial charge in [0, 0.05) is 25.0 Å². The molecule has 8 nitrogen and oxygen atoms in total. The minimum atomic E-state index is -4.62. The third-order valence-electron chi connectivity index (χ3n) is 7.22. The first-order chi connectivity index (χ1) is 19.0. The van der Waals surface area contributed by atoms with Crippen LogP contribution in [0.3, 0.4) is 0 Å². The van der Waals surface area contributed by atoms with Gasteiger partial charge < -0.3 is 20.1 Å². The van der Waals surface area contributed by atoms with Crippen LogP contribution in [0.15, 0.2) is 48.7 Å². The smallest absolute Gasteiger partial charge is 0.419 e. The number of amides is 1. The van der Waals surface area contributed by atoms with E-state index in [2.05, 4.69) is 15.3 Å². The molecule has 1 aromatic heterocycles. The lowest BCUT2D eigenvalue weighted by atomic mass is 9.87. The van der Waals surface area contributed by atoms with Gasteiger partial charge in [0.1, 0.15) is 0 Å². The van der Waals surface area contributed by atoms with E-state index in [1.54, 1.807) is 24.3 Å². The number of alkyl halides is 3. The number of carbonyl (C=O) groups is 2. The zero-order valence-corrected chi connectivity index (χ0v) is 22.3. The number of anilines is 2. The van der Waals surface area contributed by atoms with Crippen LogP contribution in [0.5, 0.6) is 0 Å². The van der Waals surface area contributed by atoms with E-state index < -0.39 is 23.8 Å². The van der Waals surface area contributed by atoms with Crippen molar-refractivity contribution in [2.24, 2.45) is 0 Å². The number of aryl methyl sites for hydroxylation is 3. The molecule has 0 aliphatic carbocycles. The maximum absolute atomic E-state index is 13.8. The number of nitrogens with zero attached hydrogens (tertiary/aromatic N) is 3. The highest BCUT2D eigenvalue weighted by atomic mass is 19.4. The summed E-state index contributed by atoms with van der Waals surface area (Å²) in [6, 6.07) is 12.8. The number of esters is 1. The van der Waals surface area contributed by atoms with E-state index in [1.165, 1.54) is 12.0 Å². The summed E-state index contributed by atoms with van der Waals surface area (Å²) in [5, 5.41) is 12.2. The Kier molecular flexibility index (Phi) is 8.91. The third kappa shape index (κ3) is 7.08. The fraction of sp³-hybridized carbons (Fsp3) is 0.379. The molecule has 4 rings (SSSR count). The Morgan fingerprint density at radius 3 is 2.42 bits per heavy atom. The molecule has 0 spiro atoms. The Bertz CT molecular complexity index is 1370. The van der Waals surface area contributed by atoms with Crippen LogP contribution in [0.1, 0.15) is 52.3 Å². The molecule has 1 aliphatic heterocycles. The van der Waals surface area contributed by atoms with Gasteiger partial charge in [-0.15, -0.1) is 0 Å². The summed E-state index contributed by atoms with van der Waals surface area (Å²) in [6.45, 7) is 2.92. The van der Waals surface area contributed by atoms with Gasteiger partial charge in [0.2, 0.25) is 5.95 Å². The largest absolute Gasteiger partial charge is 0.469 e. The number of nitrogens with one attached hydrogen (secondary N) is 1. The van der Waals surface area contributed by atoms with E-state index in [4.69, 9.17) is 4.74 Å². The maximum atomic E-state index is 13.8. The van der Waals surface area contributed by atoms with Gasteiger partial charge in [0.25, 0.3) is 0 Å². The molecular formula is C29H31F3N4O4. The number of carbonyl (C=O) groups excluding carboxylic acids is 1. The number of hydrogen-bond acceptors (Lipinski definition) is 6. The molecular weight excluding hydrogens is 525 g/mol. The molecule has 1 fully saturated rings. The molecule has 212 valence electrons. The summed E-state index contributed by atoms with van der Waals surface area (Å²) in [5.74, 6) is -0.141. The first-order valence-corrected chi connectivity index (χ1v) is 13.0. The van der Waals surface area contributed by atoms with Gasteiger partial charge in [-0.25, -0.2) is 14.8 Å². The van der Waals surface area contributed by atoms with E-state index in [0.717, 1.165) is 35.7 Å². The molecule has 2 heterocycles. The molecule has 3 aromatic rings. The number of halogens is 3. The second-order valence-electron chi connectivity index (χ2n) is 9.81. The van der Waals surface area contributed by atoms with Gasteiger partial charge in [0.15, 0.2) is 0 Å². The average Bonchev–Trinajstić information content (AvgIpc) is 2.92. The molecule has 1 saturated heterocycles. The molecule has 0 atom stereocenters. The molecule has 2 N–H and O–H groups in total. The van der Waals surface area contributed by atoms with Crippen molar-refractivity contribution in [1.82, 2.24) is 14.9 Å². The highest BCUT2D eigenvalue weighted by Gasteiger charge is 2.35. The van der Waals surface area contributed by atoms with Gasteiger partial charge in [-0.2, -0.15) is 13.2 Å². The van der Waals surface area contributed by atoms with Crippen LogP contribution in [0.2, 0.25) is 0 Å². The lowest BCUT2D eigenvalue weighted by molar-refractivity contribution is -0.140. The van der Waals surface area contributed by atoms with E-state index in [9.17, 15) is 27.9 Å². The normalized spacial score (nSPS) is 14.2. The van der Waals surface area contributed by atoms with Crippen LogP contribution >= 0.6 is 0 Å². The number of piperidine rings is 1. The molecule has 0 bridgehead atoms. The maximum Gasteiger partial charge on any atom is 0.419 e. The summed E-state index contributed by atoms with van der Waals surface area (Å²) in [6.07, 6.45) is -2.99. The molecule has 1 aliphatic rings. The predicted octanol–water partition coefficient (Wildman–Crippen LogP) is 5.91. The number of likely N-dealkylation sites (tertiary alicyclic amines) is 1. The number of ether oxygens (including phenoxy) is 1. The molecule has 2 aromatic carbocycles. The standard InChI is InChI=1S/C29H31F3N4O4/c1-18-15-22(8-9-23(18)20-11-13-36(14-12-20)28(38)39)34-27-33-17-24(29(30,31)32)25(35-27)10-7-19-5-3-4-6-21(19)16-26(37)40-2/h3-6,8-9,15,17,20H,7,10-14,16H2,1-2H3,(H,38,39)(H,33,34,35). The molecule has 0 unspecified atom stereocenters. The van der Waals surface area contributed by atoms with Crippen molar-refractivity contribution in [3.05, 3.63) is 82.2 Å². The molecule has 40 heavy (non-hydrogen) atoms. The van der Waals surface area contributed by atoms with Crippen molar-refractivity contribution >= 4 is 23.7 Å². The van der Waals surface area contributed by atoms with Crippen LogP contribution in [-0.4, -0.2) is 52.2 Å². The fourth-order valence-electron chi connectivity index (χ4n) is 5.08. The van der Waals surface area contributed by atoms with Crippen LogP contribution < -0.4 is 5.32 Å². The predicted molar refractivity (Wildman–Crippen MR) is 143 cm³/mol. The Balaban J connectivity index is 1.51. The van der Waals surface area contributed by atoms with Gasteiger partial charge in [0.05, 0.1) is 24.8 Å². The van der Waals surface area contributed by atoms with Crippen LogP contribution in [0.25, 0.3) is 0 Å². The second kappa shape index (κ2) is 12.4. The highest BCUT2D eigenvalue weighted by molar-refractivity contribution is 5.72. The minimum Gasteiger partial charge on any atom is -0.469 e. The summed E-state index contributed by atoms with van der Waals surface area (Å²) in [4.78, 5) is 32.5. The average molecular weight is 557 g/mol. The number of carboxylic acid groups (broad SMARTS) is 1. The van der Waals surface area contributed by atoms with Crippen LogP contribution in [-0.2, 0) is 35.0 Å². The van der Waals surface area contributed by atoms with Crippen molar-refractivity contribution in [3.8, 4) is 0 Å². The molecule has 0 radical (unpaired) electrons. The van der Waals surface area contributed by atoms with Gasteiger partial charge in [-0.3, -0.25) is 4.79 Å². The van der Waals surface area contributed by atoms with Crippen molar-refractivity contribution in [2.75, 3.05) is 25.5 Å². The van der Waals surface area contributed by atoms with Crippen molar-refractivity contribution in [2.45, 2.75) is 51.1 Å². The van der Waals surface area contributed by atoms with Crippen molar-refractivity contribution in [3.63, 3.8) is 0 Å². The van der Waals surface area contributed by atoms with E-state index in [1.807, 2.05) is 25.1 Å². The third-order valence-corrected chi connectivity index (χ3v) is 7.22. The van der Waals surface area contributed by atoms with Gasteiger partial charge in [-0.05, 0) is 72.9 Å². The van der Waals surface area contributed by atoms with Crippen LogP contribution in [0.4, 0.5) is 29.6 Å². The fourth-order valence-corrected chi connectivity index (χ4v) is 5.08. The first kappa shape index (κ1) is 28.8. The zero-order chi connectivity index (χ0) is 28.9. The minimum absolute atomic E-state index is 0.00274. The van der Waals surface area contributed by atoms with Crippen molar-refractivity contribution < 1.29 is 32.6 Å². The van der Waals surface area contributed by atoms with Crippen LogP contribution in [0, 0.1) is 6.92 Å². The summed E-state index contributed by atoms with van der Waals surface area (Å²) in [7, 11) is 1.29. The number of methoxy groups -OCH3 is 1. The van der Waals surface area contributed by atoms with E-state index in [0.29, 0.717) is 24.3 Å². The Hall–Kier alpha value is -4.15. The highest BCUT2D eigenvalue weighted by Crippen LogP contribution is 2.34. The van der Waals surface area contributed by atoms with E-state index >= 15 is 0 Å². The molecule has 0 saturated carbocycles. The monoisotopic (exact) mass is 556 g/mol. The van der Waals surface area contributed by atoms with Crippen molar-refractivity contribution in [1.29, 1.82) is 0 Å². The Morgan fingerprint density at radius 1 is 1.10 bits per heavy atom. The van der Waals surface area contributed by atoms with Gasteiger partial charge in [-0.1, -0.05) is 30.3 Å². The molecule has 11 heteroatoms. The number of rotatable bonds is 8. The topological polar surface area (TPSA) is 105 Å². The van der Waals surface area contributed by atoms with Gasteiger partial charge >= 0.3 is 18.2 Å². The Morgan fingerprint density at radius 2 is 1.80 bits per heavy atom. The molecule has 1 amide bonds. The zero-order valence-electron chi connectivity index (χ0n) is 22.3. The SMILES string of the molecule is COC(=O)Cc1ccccc1CCc1nc(Nc2ccc(C3CCN(C(=O)O)CC3)c(C)c2)ncc1C(F)(F)F. The summed E-state index contributed by atoms with van der Waals surface area (Å²) in [5.41, 5.74) is 3.15. The summed E-state index contributed by atoms with van der Waals surface area (Å²) < 4.78 is 46.1. The lowest BCUT2D eigenvalue weighted by Gasteiger charge is -2.31. The second-order valence-corrected chi connectivity index (χ2v) is 9.81. The number of hydrogen-bond donors (Lipinski definition) is 2. The lowest BCUT2D eigenvalue weighted by Crippen LogP contribution is -2.36. The summed E-state index contributed by atoms with van der Waals surface area (Å²) >= 11 is 0. The number of aromatic nitrogens is 2. The van der Waals surface area contributed by atoms with E-state index in [-0.39, 0.29) is 36.8 Å². The first-order valence-electron chi connectivity index (χ1n) is 13.0. The Labute approximate surface area is 230 Å².